The second-order valence-corrected chi connectivity index (χ2v) is 17.5. The molecular weight excluding hydrogens is 765 g/mol. The molecule has 0 amide bonds. The topological polar surface area (TPSA) is 0 Å². The molecule has 0 unspecified atom stereocenters. The van der Waals surface area contributed by atoms with Crippen LogP contribution in [0.15, 0.2) is 206 Å². The Hall–Kier alpha value is -3.46. The summed E-state index contributed by atoms with van der Waals surface area (Å²) in [5.74, 6) is 0. The van der Waals surface area contributed by atoms with E-state index in [1.165, 1.54) is 41.4 Å². The second kappa shape index (κ2) is 19.4. The summed E-state index contributed by atoms with van der Waals surface area (Å²) < 4.78 is 1.42. The van der Waals surface area contributed by atoms with Gasteiger partial charge < -0.3 is 0 Å². The summed E-state index contributed by atoms with van der Waals surface area (Å²) in [6, 6.07) is 73.1. The minimum absolute atomic E-state index is 0.446. The standard InChI is InChI=1S/2C18H15P.C7H7.BrH.Pd/c2*1-4-10-16(11-5-1)19(17-12-6-2-7-13-17)18-14-8-3-9-15-18;1-7-5-3-2-4-6-7;;/h2*1-15H;2-5H,1H3;1H;/q;;;;+1/p-1. The molecule has 7 aromatic carbocycles. The van der Waals surface area contributed by atoms with Gasteiger partial charge >= 0.3 is 70.2 Å². The fourth-order valence-corrected chi connectivity index (χ4v) is 11.8. The molecule has 0 heterocycles. The van der Waals surface area contributed by atoms with Crippen molar-refractivity contribution in [2.24, 2.45) is 0 Å². The number of hydrogen-bond donors (Lipinski definition) is 0. The van der Waals surface area contributed by atoms with Gasteiger partial charge in [0.05, 0.1) is 0 Å². The minimum atomic E-state index is -0.446. The van der Waals surface area contributed by atoms with Crippen molar-refractivity contribution in [3.63, 3.8) is 0 Å². The van der Waals surface area contributed by atoms with Crippen molar-refractivity contribution in [2.45, 2.75) is 6.92 Å². The van der Waals surface area contributed by atoms with Crippen LogP contribution in [0.3, 0.4) is 0 Å². The molecule has 0 spiro atoms. The molecule has 0 aliphatic heterocycles. The van der Waals surface area contributed by atoms with Crippen LogP contribution in [-0.4, -0.2) is 0 Å². The minimum Gasteiger partial charge on any atom is -0.0622 e. The molecule has 0 saturated heterocycles. The van der Waals surface area contributed by atoms with Crippen molar-refractivity contribution in [1.82, 2.24) is 0 Å². The number of benzene rings is 7. The molecule has 0 saturated carbocycles. The summed E-state index contributed by atoms with van der Waals surface area (Å²) in [5.41, 5.74) is 1.38. The Morgan fingerprint density at radius 2 is 0.532 bits per heavy atom. The average molecular weight is 802 g/mol. The fourth-order valence-electron chi connectivity index (χ4n) is 4.96. The number of hydrogen-bond acceptors (Lipinski definition) is 0. The van der Waals surface area contributed by atoms with Crippen molar-refractivity contribution in [1.29, 1.82) is 0 Å². The Morgan fingerprint density at radius 3 is 0.723 bits per heavy atom. The monoisotopic (exact) mass is 800 g/mol. The van der Waals surface area contributed by atoms with Crippen LogP contribution < -0.4 is 35.9 Å². The van der Waals surface area contributed by atoms with Gasteiger partial charge in [0.2, 0.25) is 0 Å². The van der Waals surface area contributed by atoms with Crippen molar-refractivity contribution < 1.29 is 16.0 Å². The maximum absolute atomic E-state index is 3.46. The Bertz CT molecular complexity index is 1550. The third-order valence-corrected chi connectivity index (χ3v) is 14.9. The van der Waals surface area contributed by atoms with Crippen molar-refractivity contribution in [2.75, 3.05) is 0 Å². The molecular formula is C43H37BrP2Pd. The van der Waals surface area contributed by atoms with E-state index in [1.807, 2.05) is 0 Å². The molecule has 0 aliphatic carbocycles. The zero-order chi connectivity index (χ0) is 32.5. The van der Waals surface area contributed by atoms with Crippen LogP contribution >= 0.6 is 29.3 Å². The second-order valence-electron chi connectivity index (χ2n) is 10.5. The molecule has 0 fully saturated rings. The van der Waals surface area contributed by atoms with E-state index in [4.69, 9.17) is 0 Å². The summed E-state index contributed by atoms with van der Waals surface area (Å²) in [5, 5.41) is 8.39. The molecule has 47 heavy (non-hydrogen) atoms. The zero-order valence-electron chi connectivity index (χ0n) is 26.2. The van der Waals surface area contributed by atoms with Gasteiger partial charge in [0.25, 0.3) is 0 Å². The number of halogens is 1. The van der Waals surface area contributed by atoms with Gasteiger partial charge in [-0.05, 0) is 47.7 Å². The van der Waals surface area contributed by atoms with Crippen molar-refractivity contribution in [3.05, 3.63) is 212 Å². The smallest absolute Gasteiger partial charge is 0.0134 e. The number of rotatable bonds is 7. The summed E-state index contributed by atoms with van der Waals surface area (Å²) >= 11 is 4.03. The van der Waals surface area contributed by atoms with E-state index < -0.39 is 15.8 Å². The Labute approximate surface area is 297 Å². The first-order valence-corrected chi connectivity index (χ1v) is 22.4. The average Bonchev–Trinajstić information content (AvgIpc) is 3.15. The maximum atomic E-state index is 3.46. The normalized spacial score (nSPS) is 10.5. The third kappa shape index (κ3) is 10.5. The fraction of sp³-hybridized carbons (Fsp3) is 0.0233. The molecule has 0 aromatic heterocycles. The molecule has 0 nitrogen and oxygen atoms in total. The Balaban J connectivity index is 0.000000148. The first kappa shape index (κ1) is 34.9. The van der Waals surface area contributed by atoms with Crippen molar-refractivity contribution >= 4 is 65.1 Å². The van der Waals surface area contributed by atoms with Crippen LogP contribution in [0.4, 0.5) is 0 Å². The van der Waals surface area contributed by atoms with E-state index in [2.05, 4.69) is 227 Å². The van der Waals surface area contributed by atoms with Crippen LogP contribution in [0.1, 0.15) is 5.56 Å². The van der Waals surface area contributed by atoms with Gasteiger partial charge in [0.1, 0.15) is 0 Å². The van der Waals surface area contributed by atoms with Crippen molar-refractivity contribution in [3.8, 4) is 0 Å². The zero-order valence-corrected chi connectivity index (χ0v) is 31.1. The quantitative estimate of drug-likeness (QED) is 0.112. The summed E-state index contributed by atoms with van der Waals surface area (Å²) in [6.45, 7) is 2.13. The van der Waals surface area contributed by atoms with Crippen LogP contribution in [0.25, 0.3) is 0 Å². The van der Waals surface area contributed by atoms with Gasteiger partial charge in [0, 0.05) is 0 Å². The van der Waals surface area contributed by atoms with E-state index >= 15 is 0 Å². The summed E-state index contributed by atoms with van der Waals surface area (Å²) in [6.07, 6.45) is 0. The summed E-state index contributed by atoms with van der Waals surface area (Å²) in [4.78, 5) is 0. The van der Waals surface area contributed by atoms with Crippen LogP contribution in [0, 0.1) is 6.92 Å². The van der Waals surface area contributed by atoms with Gasteiger partial charge in [-0.2, -0.15) is 0 Å². The molecule has 0 radical (unpaired) electrons. The van der Waals surface area contributed by atoms with E-state index in [0.717, 1.165) is 0 Å². The van der Waals surface area contributed by atoms with Gasteiger partial charge in [-0.1, -0.05) is 182 Å². The maximum Gasteiger partial charge on any atom is -0.0134 e. The van der Waals surface area contributed by atoms with Gasteiger partial charge in [-0.25, -0.2) is 0 Å². The van der Waals surface area contributed by atoms with Gasteiger partial charge in [-0.15, -0.1) is 0 Å². The molecule has 0 atom stereocenters. The predicted octanol–water partition coefficient (Wildman–Crippen LogP) is 8.90. The van der Waals surface area contributed by atoms with Gasteiger partial charge in [0.15, 0.2) is 0 Å². The van der Waals surface area contributed by atoms with Gasteiger partial charge in [-0.3, -0.25) is 0 Å². The largest absolute Gasteiger partial charge is 0.0622 e. The molecule has 236 valence electrons. The first-order valence-electron chi connectivity index (χ1n) is 15.4. The SMILES string of the molecule is Cc1cccc[c]1[Pd][Br].c1ccc(P(c2ccccc2)c2ccccc2)cc1.c1ccc(P(c2ccccc2)c2ccccc2)cc1. The predicted molar refractivity (Wildman–Crippen MR) is 210 cm³/mol. The Kier molecular flexibility index (Phi) is 14.4. The molecule has 0 aliphatic rings. The molecule has 7 rings (SSSR count). The van der Waals surface area contributed by atoms with E-state index in [-0.39, 0.29) is 0 Å². The molecule has 7 aromatic rings. The van der Waals surface area contributed by atoms with Crippen LogP contribution in [0.2, 0.25) is 0 Å². The van der Waals surface area contributed by atoms with E-state index in [9.17, 15) is 0 Å². The molecule has 0 bridgehead atoms. The molecule has 4 heteroatoms. The van der Waals surface area contributed by atoms with Crippen LogP contribution in [0.5, 0.6) is 0 Å². The molecule has 0 N–H and O–H groups in total. The van der Waals surface area contributed by atoms with Crippen LogP contribution in [-0.2, 0) is 16.0 Å². The van der Waals surface area contributed by atoms with E-state index in [0.29, 0.717) is 16.0 Å². The summed E-state index contributed by atoms with van der Waals surface area (Å²) in [7, 11) is -0.892. The van der Waals surface area contributed by atoms with E-state index in [1.54, 1.807) is 0 Å². The first-order chi connectivity index (χ1) is 23.2. The Morgan fingerprint density at radius 1 is 0.319 bits per heavy atom. The third-order valence-electron chi connectivity index (χ3n) is 7.19. The number of aryl methyl sites for hydroxylation is 1.